The van der Waals surface area contributed by atoms with E-state index in [1.165, 1.54) is 16.0 Å². The molecule has 1 aliphatic heterocycles. The van der Waals surface area contributed by atoms with Crippen LogP contribution in [0, 0.1) is 0 Å². The van der Waals surface area contributed by atoms with Crippen LogP contribution >= 0.6 is 15.9 Å². The van der Waals surface area contributed by atoms with Crippen LogP contribution in [0.5, 0.6) is 0 Å². The van der Waals surface area contributed by atoms with E-state index in [1.807, 2.05) is 4.68 Å². The highest BCUT2D eigenvalue weighted by molar-refractivity contribution is 9.10. The summed E-state index contributed by atoms with van der Waals surface area (Å²) in [6.45, 7) is 5.17. The van der Waals surface area contributed by atoms with E-state index in [-0.39, 0.29) is 0 Å². The minimum absolute atomic E-state index is 0.390. The van der Waals surface area contributed by atoms with Crippen molar-refractivity contribution in [1.82, 2.24) is 14.7 Å². The second-order valence-electron chi connectivity index (χ2n) is 5.71. The monoisotopic (exact) mass is 377 g/mol. The van der Waals surface area contributed by atoms with Gasteiger partial charge in [0.2, 0.25) is 0 Å². The molecule has 122 valence electrons. The van der Waals surface area contributed by atoms with Crippen LogP contribution in [0.2, 0.25) is 0 Å². The lowest BCUT2D eigenvalue weighted by atomic mass is 10.0. The first-order valence-electron chi connectivity index (χ1n) is 7.92. The Hall–Kier alpha value is -1.82. The Kier molecular flexibility index (Phi) is 4.43. The lowest BCUT2D eigenvalue weighted by Crippen LogP contribution is -2.34. The van der Waals surface area contributed by atoms with Crippen molar-refractivity contribution in [3.8, 4) is 5.69 Å². The maximum absolute atomic E-state index is 11.2. The third-order valence-corrected chi connectivity index (χ3v) is 5.23. The number of para-hydroxylation sites is 1. The summed E-state index contributed by atoms with van der Waals surface area (Å²) in [5.41, 5.74) is 5.59. The fourth-order valence-electron chi connectivity index (χ4n) is 3.14. The number of aromatic nitrogens is 2. The molecule has 5 nitrogen and oxygen atoms in total. The highest BCUT2D eigenvalue weighted by Gasteiger charge is 2.27. The number of rotatable bonds is 3. The van der Waals surface area contributed by atoms with Crippen molar-refractivity contribution in [1.29, 1.82) is 0 Å². The number of nitrogens with zero attached hydrogens (tertiary/aromatic N) is 3. The third-order valence-electron chi connectivity index (χ3n) is 4.42. The number of fused-ring (bicyclic) bond motifs is 1. The Bertz CT molecular complexity index is 732. The van der Waals surface area contributed by atoms with Gasteiger partial charge in [-0.15, -0.1) is 0 Å². The largest absolute Gasteiger partial charge is 0.465 e. The summed E-state index contributed by atoms with van der Waals surface area (Å²) in [6, 6.07) is 6.35. The number of hydrogen-bond acceptors (Lipinski definition) is 2. The molecular weight excluding hydrogens is 358 g/mol. The zero-order chi connectivity index (χ0) is 16.6. The average Bonchev–Trinajstić information content (AvgIpc) is 2.90. The number of carboxylic acid groups (broad SMARTS) is 1. The minimum atomic E-state index is -0.876. The molecule has 2 heterocycles. The zero-order valence-corrected chi connectivity index (χ0v) is 14.9. The van der Waals surface area contributed by atoms with E-state index in [0.29, 0.717) is 19.5 Å². The summed E-state index contributed by atoms with van der Waals surface area (Å²) < 4.78 is 2.82. The van der Waals surface area contributed by atoms with Crippen molar-refractivity contribution >= 4 is 22.0 Å². The predicted molar refractivity (Wildman–Crippen MR) is 92.2 cm³/mol. The normalized spacial score (nSPS) is 14.0. The summed E-state index contributed by atoms with van der Waals surface area (Å²) in [4.78, 5) is 12.7. The predicted octanol–water partition coefficient (Wildman–Crippen LogP) is 3.80. The molecule has 0 atom stereocenters. The molecule has 23 heavy (non-hydrogen) atoms. The molecule has 1 aromatic heterocycles. The van der Waals surface area contributed by atoms with Crippen LogP contribution in [0.3, 0.4) is 0 Å². The number of benzene rings is 1. The van der Waals surface area contributed by atoms with Crippen molar-refractivity contribution < 1.29 is 9.90 Å². The van der Waals surface area contributed by atoms with Gasteiger partial charge in [0.25, 0.3) is 0 Å². The molecule has 1 N–H and O–H groups in total. The second-order valence-corrected chi connectivity index (χ2v) is 6.47. The van der Waals surface area contributed by atoms with E-state index in [2.05, 4.69) is 48.0 Å². The summed E-state index contributed by atoms with van der Waals surface area (Å²) in [5, 5.41) is 14.0. The van der Waals surface area contributed by atoms with E-state index < -0.39 is 6.09 Å². The van der Waals surface area contributed by atoms with E-state index in [9.17, 15) is 9.90 Å². The summed E-state index contributed by atoms with van der Waals surface area (Å²) >= 11 is 3.66. The number of halogens is 1. The average molecular weight is 378 g/mol. The van der Waals surface area contributed by atoms with Gasteiger partial charge in [0.1, 0.15) is 4.60 Å². The number of aryl methyl sites for hydroxylation is 2. The van der Waals surface area contributed by atoms with Crippen LogP contribution in [-0.4, -0.2) is 32.4 Å². The Balaban J connectivity index is 2.12. The number of carbonyl (C=O) groups is 1. The van der Waals surface area contributed by atoms with Crippen molar-refractivity contribution in [3.05, 3.63) is 45.2 Å². The molecule has 0 bridgehead atoms. The van der Waals surface area contributed by atoms with E-state index in [4.69, 9.17) is 5.10 Å². The fourth-order valence-corrected chi connectivity index (χ4v) is 3.75. The highest BCUT2D eigenvalue weighted by Crippen LogP contribution is 2.31. The number of hydrogen-bond donors (Lipinski definition) is 1. The number of amides is 1. The molecule has 2 aromatic rings. The van der Waals surface area contributed by atoms with Gasteiger partial charge in [-0.25, -0.2) is 9.48 Å². The van der Waals surface area contributed by atoms with Crippen LogP contribution in [0.15, 0.2) is 22.8 Å². The maximum atomic E-state index is 11.2. The van der Waals surface area contributed by atoms with Crippen molar-refractivity contribution in [2.45, 2.75) is 39.7 Å². The Morgan fingerprint density at radius 3 is 2.52 bits per heavy atom. The molecule has 0 saturated heterocycles. The lowest BCUT2D eigenvalue weighted by molar-refractivity contribution is 0.139. The summed E-state index contributed by atoms with van der Waals surface area (Å²) in [7, 11) is 0. The van der Waals surface area contributed by atoms with Gasteiger partial charge >= 0.3 is 6.09 Å². The summed E-state index contributed by atoms with van der Waals surface area (Å²) in [5.74, 6) is 0. The van der Waals surface area contributed by atoms with Crippen LogP contribution in [0.25, 0.3) is 5.69 Å². The van der Waals surface area contributed by atoms with Gasteiger partial charge in [-0.1, -0.05) is 32.0 Å². The van der Waals surface area contributed by atoms with Gasteiger partial charge < -0.3 is 10.0 Å². The Morgan fingerprint density at radius 2 is 1.96 bits per heavy atom. The van der Waals surface area contributed by atoms with Gasteiger partial charge in [-0.2, -0.15) is 5.10 Å². The molecule has 0 unspecified atom stereocenters. The molecule has 0 aliphatic carbocycles. The van der Waals surface area contributed by atoms with Gasteiger partial charge in [0, 0.05) is 18.5 Å². The van der Waals surface area contributed by atoms with Gasteiger partial charge in [0.05, 0.1) is 17.9 Å². The molecule has 1 aliphatic rings. The van der Waals surface area contributed by atoms with Gasteiger partial charge in [0.15, 0.2) is 0 Å². The molecule has 1 amide bonds. The van der Waals surface area contributed by atoms with Crippen molar-refractivity contribution in [2.75, 3.05) is 6.54 Å². The zero-order valence-electron chi connectivity index (χ0n) is 13.3. The lowest BCUT2D eigenvalue weighted by Gasteiger charge is -2.23. The van der Waals surface area contributed by atoms with Crippen molar-refractivity contribution in [2.24, 2.45) is 0 Å². The molecule has 0 spiro atoms. The van der Waals surface area contributed by atoms with E-state index >= 15 is 0 Å². The van der Waals surface area contributed by atoms with Gasteiger partial charge in [-0.05, 0) is 39.9 Å². The Labute approximate surface area is 144 Å². The smallest absolute Gasteiger partial charge is 0.407 e. The summed E-state index contributed by atoms with van der Waals surface area (Å²) in [6.07, 6.45) is 1.64. The van der Waals surface area contributed by atoms with Crippen LogP contribution in [0.4, 0.5) is 4.79 Å². The standard InChI is InChI=1S/C17H20BrN3O2/c1-3-11-6-5-7-12(4-2)15(11)21-16(18)13-10-20(17(22)23)9-8-14(13)19-21/h5-7H,3-4,8-10H2,1-2H3,(H,22,23). The first kappa shape index (κ1) is 16.1. The van der Waals surface area contributed by atoms with Gasteiger partial charge in [-0.3, -0.25) is 0 Å². The first-order valence-corrected chi connectivity index (χ1v) is 8.71. The molecular formula is C17H20BrN3O2. The van der Waals surface area contributed by atoms with Crippen LogP contribution < -0.4 is 0 Å². The first-order chi connectivity index (χ1) is 11.1. The quantitative estimate of drug-likeness (QED) is 0.884. The van der Waals surface area contributed by atoms with E-state index in [1.54, 1.807) is 0 Å². The SMILES string of the molecule is CCc1cccc(CC)c1-n1nc2c(c1Br)CN(C(=O)O)CC2. The maximum Gasteiger partial charge on any atom is 0.407 e. The molecule has 6 heteroatoms. The van der Waals surface area contributed by atoms with E-state index in [0.717, 1.165) is 34.4 Å². The van der Waals surface area contributed by atoms with Crippen molar-refractivity contribution in [3.63, 3.8) is 0 Å². The third kappa shape index (κ3) is 2.76. The Morgan fingerprint density at radius 1 is 1.30 bits per heavy atom. The minimum Gasteiger partial charge on any atom is -0.465 e. The van der Waals surface area contributed by atoms with Crippen LogP contribution in [0.1, 0.15) is 36.2 Å². The molecule has 1 aromatic carbocycles. The fraction of sp³-hybridized carbons (Fsp3) is 0.412. The molecule has 0 fully saturated rings. The molecule has 3 rings (SSSR count). The molecule has 0 radical (unpaired) electrons. The van der Waals surface area contributed by atoms with Crippen LogP contribution in [-0.2, 0) is 25.8 Å². The second kappa shape index (κ2) is 6.35. The topological polar surface area (TPSA) is 58.4 Å². The molecule has 0 saturated carbocycles. The highest BCUT2D eigenvalue weighted by atomic mass is 79.9.